The van der Waals surface area contributed by atoms with Gasteiger partial charge < -0.3 is 15.5 Å². The van der Waals surface area contributed by atoms with E-state index in [2.05, 4.69) is 32.4 Å². The smallest absolute Gasteiger partial charge is 0.224 e. The van der Waals surface area contributed by atoms with Gasteiger partial charge in [-0.15, -0.1) is 0 Å². The van der Waals surface area contributed by atoms with Gasteiger partial charge in [0.25, 0.3) is 0 Å². The number of nitrogens with one attached hydrogen (secondary N) is 2. The van der Waals surface area contributed by atoms with E-state index in [0.717, 1.165) is 43.4 Å². The number of hydrogen-bond acceptors (Lipinski definition) is 5. The summed E-state index contributed by atoms with van der Waals surface area (Å²) in [4.78, 5) is 11.4. The van der Waals surface area contributed by atoms with Crippen molar-refractivity contribution in [1.82, 2.24) is 14.9 Å². The molecule has 0 unspecified atom stereocenters. The maximum atomic E-state index is 4.54. The van der Waals surface area contributed by atoms with Gasteiger partial charge in [0.15, 0.2) is 0 Å². The van der Waals surface area contributed by atoms with E-state index in [1.807, 2.05) is 13.1 Å². The van der Waals surface area contributed by atoms with Crippen LogP contribution in [0.5, 0.6) is 0 Å². The molecule has 0 radical (unpaired) electrons. The van der Waals surface area contributed by atoms with Crippen molar-refractivity contribution in [3.05, 3.63) is 11.8 Å². The molecule has 2 heterocycles. The number of rotatable bonds is 7. The minimum Gasteiger partial charge on any atom is -0.368 e. The molecule has 1 aromatic rings. The number of likely N-dealkylation sites (tertiary alicyclic amines) is 1. The average Bonchev–Trinajstić information content (AvgIpc) is 2.49. The van der Waals surface area contributed by atoms with Crippen LogP contribution >= 0.6 is 0 Å². The largest absolute Gasteiger partial charge is 0.368 e. The number of piperidine rings is 1. The van der Waals surface area contributed by atoms with Crippen LogP contribution in [-0.4, -0.2) is 47.6 Å². The first-order chi connectivity index (χ1) is 9.79. The predicted octanol–water partition coefficient (Wildman–Crippen LogP) is 2.50. The standard InChI is InChI=1S/C15H27N5/c1-3-7-17-15-18-12-13(2)14(19-15)16-8-11-20-9-5-4-6-10-20/h12H,3-11H2,1-2H3,(H2,16,17,18,19). The number of aromatic nitrogens is 2. The van der Waals surface area contributed by atoms with Crippen LogP contribution in [-0.2, 0) is 0 Å². The van der Waals surface area contributed by atoms with Gasteiger partial charge in [-0.3, -0.25) is 0 Å². The Morgan fingerprint density at radius 1 is 1.15 bits per heavy atom. The van der Waals surface area contributed by atoms with Crippen LogP contribution in [0.3, 0.4) is 0 Å². The summed E-state index contributed by atoms with van der Waals surface area (Å²) in [6.07, 6.45) is 7.04. The molecular formula is C15H27N5. The summed E-state index contributed by atoms with van der Waals surface area (Å²) < 4.78 is 0. The highest BCUT2D eigenvalue weighted by atomic mass is 15.2. The quantitative estimate of drug-likeness (QED) is 0.802. The summed E-state index contributed by atoms with van der Waals surface area (Å²) in [6.45, 7) is 9.63. The lowest BCUT2D eigenvalue weighted by Gasteiger charge is -2.26. The van der Waals surface area contributed by atoms with Crippen molar-refractivity contribution in [2.24, 2.45) is 0 Å². The highest BCUT2D eigenvalue weighted by molar-refractivity contribution is 5.46. The van der Waals surface area contributed by atoms with Crippen LogP contribution in [0.25, 0.3) is 0 Å². The third-order valence-electron chi connectivity index (χ3n) is 3.67. The number of nitrogens with zero attached hydrogens (tertiary/aromatic N) is 3. The molecule has 0 bridgehead atoms. The molecule has 1 aliphatic heterocycles. The van der Waals surface area contributed by atoms with Crippen LogP contribution < -0.4 is 10.6 Å². The van der Waals surface area contributed by atoms with Crippen molar-refractivity contribution < 1.29 is 0 Å². The van der Waals surface area contributed by atoms with Crippen LogP contribution in [0.4, 0.5) is 11.8 Å². The molecule has 0 atom stereocenters. The molecule has 1 saturated heterocycles. The molecule has 112 valence electrons. The molecule has 0 amide bonds. The van der Waals surface area contributed by atoms with Crippen molar-refractivity contribution in [2.45, 2.75) is 39.5 Å². The first kappa shape index (κ1) is 15.0. The van der Waals surface area contributed by atoms with Gasteiger partial charge in [0.1, 0.15) is 5.82 Å². The lowest BCUT2D eigenvalue weighted by molar-refractivity contribution is 0.237. The Morgan fingerprint density at radius 2 is 1.95 bits per heavy atom. The van der Waals surface area contributed by atoms with E-state index in [1.54, 1.807) is 0 Å². The molecule has 0 aliphatic carbocycles. The molecule has 1 fully saturated rings. The second-order valence-electron chi connectivity index (χ2n) is 5.48. The summed E-state index contributed by atoms with van der Waals surface area (Å²) in [6, 6.07) is 0. The predicted molar refractivity (Wildman–Crippen MR) is 84.3 cm³/mol. The normalized spacial score (nSPS) is 16.1. The minimum atomic E-state index is 0.720. The molecule has 0 spiro atoms. The first-order valence-electron chi connectivity index (χ1n) is 7.83. The zero-order chi connectivity index (χ0) is 14.2. The van der Waals surface area contributed by atoms with E-state index in [9.17, 15) is 0 Å². The average molecular weight is 277 g/mol. The third-order valence-corrected chi connectivity index (χ3v) is 3.67. The van der Waals surface area contributed by atoms with Crippen molar-refractivity contribution in [1.29, 1.82) is 0 Å². The van der Waals surface area contributed by atoms with Crippen molar-refractivity contribution in [3.63, 3.8) is 0 Å². The molecule has 0 saturated carbocycles. The highest BCUT2D eigenvalue weighted by Crippen LogP contribution is 2.13. The molecule has 0 aromatic carbocycles. The summed E-state index contributed by atoms with van der Waals surface area (Å²) in [5, 5.41) is 6.67. The van der Waals surface area contributed by atoms with Crippen LogP contribution in [0, 0.1) is 6.92 Å². The molecule has 2 rings (SSSR count). The van der Waals surface area contributed by atoms with Gasteiger partial charge in [0.05, 0.1) is 0 Å². The Bertz CT molecular complexity index is 401. The number of aryl methyl sites for hydroxylation is 1. The molecule has 2 N–H and O–H groups in total. The lowest BCUT2D eigenvalue weighted by atomic mass is 10.1. The van der Waals surface area contributed by atoms with E-state index in [4.69, 9.17) is 0 Å². The maximum Gasteiger partial charge on any atom is 0.224 e. The molecular weight excluding hydrogens is 250 g/mol. The van der Waals surface area contributed by atoms with Crippen molar-refractivity contribution in [3.8, 4) is 0 Å². The fourth-order valence-corrected chi connectivity index (χ4v) is 2.46. The maximum absolute atomic E-state index is 4.54. The molecule has 1 aromatic heterocycles. The van der Waals surface area contributed by atoms with Crippen LogP contribution in [0.15, 0.2) is 6.20 Å². The van der Waals surface area contributed by atoms with Crippen LogP contribution in [0.2, 0.25) is 0 Å². The van der Waals surface area contributed by atoms with Gasteiger partial charge in [-0.1, -0.05) is 13.3 Å². The summed E-state index contributed by atoms with van der Waals surface area (Å²) in [5.41, 5.74) is 1.10. The Balaban J connectivity index is 1.81. The van der Waals surface area contributed by atoms with E-state index < -0.39 is 0 Å². The Hall–Kier alpha value is -1.36. The van der Waals surface area contributed by atoms with Gasteiger partial charge in [-0.2, -0.15) is 4.98 Å². The van der Waals surface area contributed by atoms with Gasteiger partial charge in [0.2, 0.25) is 5.95 Å². The molecule has 5 nitrogen and oxygen atoms in total. The van der Waals surface area contributed by atoms with Gasteiger partial charge >= 0.3 is 0 Å². The molecule has 20 heavy (non-hydrogen) atoms. The zero-order valence-corrected chi connectivity index (χ0v) is 12.8. The number of hydrogen-bond donors (Lipinski definition) is 2. The fourth-order valence-electron chi connectivity index (χ4n) is 2.46. The fraction of sp³-hybridized carbons (Fsp3) is 0.733. The summed E-state index contributed by atoms with van der Waals surface area (Å²) in [5.74, 6) is 1.67. The number of anilines is 2. The minimum absolute atomic E-state index is 0.720. The van der Waals surface area contributed by atoms with Crippen molar-refractivity contribution >= 4 is 11.8 Å². The second-order valence-corrected chi connectivity index (χ2v) is 5.48. The SMILES string of the molecule is CCCNc1ncc(C)c(NCCN2CCCCC2)n1. The first-order valence-corrected chi connectivity index (χ1v) is 7.83. The molecule has 5 heteroatoms. The van der Waals surface area contributed by atoms with E-state index in [0.29, 0.717) is 0 Å². The topological polar surface area (TPSA) is 53.1 Å². The third kappa shape index (κ3) is 4.63. The second kappa shape index (κ2) is 8.04. The van der Waals surface area contributed by atoms with E-state index >= 15 is 0 Å². The van der Waals surface area contributed by atoms with Gasteiger partial charge in [0, 0.05) is 31.4 Å². The van der Waals surface area contributed by atoms with E-state index in [-0.39, 0.29) is 0 Å². The Kier molecular flexibility index (Phi) is 6.05. The molecule has 1 aliphatic rings. The highest BCUT2D eigenvalue weighted by Gasteiger charge is 2.09. The zero-order valence-electron chi connectivity index (χ0n) is 12.8. The van der Waals surface area contributed by atoms with Crippen molar-refractivity contribution in [2.75, 3.05) is 43.4 Å². The lowest BCUT2D eigenvalue weighted by Crippen LogP contribution is -2.33. The Labute approximate surface area is 122 Å². The van der Waals surface area contributed by atoms with Gasteiger partial charge in [-0.25, -0.2) is 4.98 Å². The Morgan fingerprint density at radius 3 is 2.70 bits per heavy atom. The van der Waals surface area contributed by atoms with Crippen LogP contribution in [0.1, 0.15) is 38.2 Å². The monoisotopic (exact) mass is 277 g/mol. The van der Waals surface area contributed by atoms with Gasteiger partial charge in [-0.05, 0) is 39.3 Å². The van der Waals surface area contributed by atoms with E-state index in [1.165, 1.54) is 32.4 Å². The summed E-state index contributed by atoms with van der Waals surface area (Å²) in [7, 11) is 0. The summed E-state index contributed by atoms with van der Waals surface area (Å²) >= 11 is 0.